The number of aryl methyl sites for hydroxylation is 2. The molecule has 1 aliphatic rings. The Morgan fingerprint density at radius 3 is 2.83 bits per heavy atom. The van der Waals surface area contributed by atoms with E-state index in [1.54, 1.807) is 11.3 Å². The molecule has 1 atom stereocenters. The lowest BCUT2D eigenvalue weighted by atomic mass is 10.3. The van der Waals surface area contributed by atoms with E-state index in [0.717, 1.165) is 16.6 Å². The molecule has 2 heterocycles. The Balaban J connectivity index is 1.79. The van der Waals surface area contributed by atoms with E-state index >= 15 is 0 Å². The maximum Gasteiger partial charge on any atom is 0.203 e. The number of imidazole rings is 1. The van der Waals surface area contributed by atoms with Crippen LogP contribution in [0.1, 0.15) is 47.4 Å². The van der Waals surface area contributed by atoms with Gasteiger partial charge in [-0.15, -0.1) is 11.3 Å². The van der Waals surface area contributed by atoms with Crippen molar-refractivity contribution in [2.45, 2.75) is 45.7 Å². The third-order valence-corrected chi connectivity index (χ3v) is 4.24. The molecule has 4 nitrogen and oxygen atoms in total. The molecule has 2 aromatic rings. The highest BCUT2D eigenvalue weighted by molar-refractivity contribution is 7.11. The van der Waals surface area contributed by atoms with Crippen molar-refractivity contribution in [1.82, 2.24) is 14.5 Å². The number of anilines is 1. The zero-order valence-electron chi connectivity index (χ0n) is 11.0. The summed E-state index contributed by atoms with van der Waals surface area (Å²) in [7, 11) is 0. The van der Waals surface area contributed by atoms with Crippen LogP contribution >= 0.6 is 11.3 Å². The first-order valence-electron chi connectivity index (χ1n) is 6.38. The van der Waals surface area contributed by atoms with Crippen LogP contribution in [0.2, 0.25) is 0 Å². The maximum atomic E-state index is 4.57. The normalized spacial score (nSPS) is 16.8. The lowest BCUT2D eigenvalue weighted by Gasteiger charge is -2.13. The number of thiazole rings is 1. The number of aromatic nitrogens is 3. The van der Waals surface area contributed by atoms with E-state index in [2.05, 4.69) is 39.9 Å². The van der Waals surface area contributed by atoms with Crippen LogP contribution in [0.3, 0.4) is 0 Å². The molecule has 0 amide bonds. The molecule has 0 bridgehead atoms. The second-order valence-electron chi connectivity index (χ2n) is 5.02. The fourth-order valence-corrected chi connectivity index (χ4v) is 2.86. The minimum atomic E-state index is 0.211. The summed E-state index contributed by atoms with van der Waals surface area (Å²) in [6.07, 6.45) is 6.61. The first-order chi connectivity index (χ1) is 8.63. The van der Waals surface area contributed by atoms with Gasteiger partial charge in [-0.05, 0) is 33.6 Å². The Labute approximate surface area is 111 Å². The van der Waals surface area contributed by atoms with Gasteiger partial charge in [-0.25, -0.2) is 9.97 Å². The van der Waals surface area contributed by atoms with Crippen LogP contribution in [0.15, 0.2) is 12.4 Å². The molecule has 3 rings (SSSR count). The van der Waals surface area contributed by atoms with Gasteiger partial charge in [-0.2, -0.15) is 0 Å². The molecule has 0 radical (unpaired) electrons. The predicted molar refractivity (Wildman–Crippen MR) is 74.1 cm³/mol. The van der Waals surface area contributed by atoms with Crippen molar-refractivity contribution in [3.63, 3.8) is 0 Å². The van der Waals surface area contributed by atoms with Crippen molar-refractivity contribution >= 4 is 17.3 Å². The second kappa shape index (κ2) is 4.39. The first kappa shape index (κ1) is 11.7. The third kappa shape index (κ3) is 2.27. The van der Waals surface area contributed by atoms with Crippen molar-refractivity contribution in [2.24, 2.45) is 0 Å². The largest absolute Gasteiger partial charge is 0.347 e. The number of hydrogen-bond donors (Lipinski definition) is 1. The standard InChI is InChI=1S/C13H18N4S/c1-8-7-17(11-4-5-11)13(15-8)16-10(3)12-14-6-9(2)18-12/h6-7,10-11H,4-5H2,1-3H3,(H,15,16). The van der Waals surface area contributed by atoms with Gasteiger partial charge in [-0.1, -0.05) is 0 Å². The summed E-state index contributed by atoms with van der Waals surface area (Å²) in [5, 5.41) is 4.60. The molecule has 1 N–H and O–H groups in total. The SMILES string of the molecule is Cc1cn(C2CC2)c(NC(C)c2ncc(C)s2)n1. The highest BCUT2D eigenvalue weighted by Crippen LogP contribution is 2.38. The average molecular weight is 262 g/mol. The summed E-state index contributed by atoms with van der Waals surface area (Å²) in [5.74, 6) is 0.982. The molecule has 1 aliphatic carbocycles. The Morgan fingerprint density at radius 2 is 2.22 bits per heavy atom. The number of rotatable bonds is 4. The fraction of sp³-hybridized carbons (Fsp3) is 0.538. The van der Waals surface area contributed by atoms with Crippen LogP contribution in [-0.4, -0.2) is 14.5 Å². The topological polar surface area (TPSA) is 42.7 Å². The van der Waals surface area contributed by atoms with E-state index in [0.29, 0.717) is 6.04 Å². The van der Waals surface area contributed by atoms with E-state index in [9.17, 15) is 0 Å². The van der Waals surface area contributed by atoms with Crippen LogP contribution < -0.4 is 5.32 Å². The van der Waals surface area contributed by atoms with Crippen molar-refractivity contribution in [3.8, 4) is 0 Å². The molecule has 0 spiro atoms. The quantitative estimate of drug-likeness (QED) is 0.917. The van der Waals surface area contributed by atoms with Gasteiger partial charge in [0.25, 0.3) is 0 Å². The number of hydrogen-bond acceptors (Lipinski definition) is 4. The van der Waals surface area contributed by atoms with Crippen molar-refractivity contribution in [3.05, 3.63) is 28.0 Å². The van der Waals surface area contributed by atoms with Gasteiger partial charge in [0.2, 0.25) is 5.95 Å². The minimum Gasteiger partial charge on any atom is -0.347 e. The Morgan fingerprint density at radius 1 is 1.44 bits per heavy atom. The summed E-state index contributed by atoms with van der Waals surface area (Å²) >= 11 is 1.74. The molecule has 0 aromatic carbocycles. The molecule has 18 heavy (non-hydrogen) atoms. The third-order valence-electron chi connectivity index (χ3n) is 3.15. The molecule has 1 fully saturated rings. The Bertz CT molecular complexity index is 553. The molecule has 2 aromatic heterocycles. The average Bonchev–Trinajstić information content (AvgIpc) is 2.97. The minimum absolute atomic E-state index is 0.211. The van der Waals surface area contributed by atoms with Gasteiger partial charge in [0.05, 0.1) is 11.7 Å². The summed E-state index contributed by atoms with van der Waals surface area (Å²) in [4.78, 5) is 10.3. The Kier molecular flexibility index (Phi) is 2.86. The van der Waals surface area contributed by atoms with E-state index in [-0.39, 0.29) is 6.04 Å². The predicted octanol–water partition coefficient (Wildman–Crippen LogP) is 3.46. The van der Waals surface area contributed by atoms with Gasteiger partial charge < -0.3 is 9.88 Å². The Hall–Kier alpha value is -1.36. The summed E-state index contributed by atoms with van der Waals surface area (Å²) in [6, 6.07) is 0.863. The smallest absolute Gasteiger partial charge is 0.203 e. The van der Waals surface area contributed by atoms with Gasteiger partial charge in [0.15, 0.2) is 0 Å². The fourth-order valence-electron chi connectivity index (χ4n) is 2.08. The lowest BCUT2D eigenvalue weighted by molar-refractivity contribution is 0.726. The zero-order chi connectivity index (χ0) is 12.7. The summed E-state index contributed by atoms with van der Waals surface area (Å²) in [5.41, 5.74) is 1.08. The maximum absolute atomic E-state index is 4.57. The molecule has 0 aliphatic heterocycles. The first-order valence-corrected chi connectivity index (χ1v) is 7.19. The van der Waals surface area contributed by atoms with Crippen LogP contribution in [0, 0.1) is 13.8 Å². The van der Waals surface area contributed by atoms with Crippen molar-refractivity contribution in [1.29, 1.82) is 0 Å². The van der Waals surface area contributed by atoms with Gasteiger partial charge in [-0.3, -0.25) is 0 Å². The van der Waals surface area contributed by atoms with E-state index in [1.165, 1.54) is 17.7 Å². The molecule has 96 valence electrons. The van der Waals surface area contributed by atoms with Gasteiger partial charge >= 0.3 is 0 Å². The summed E-state index contributed by atoms with van der Waals surface area (Å²) < 4.78 is 2.27. The van der Waals surface area contributed by atoms with E-state index in [4.69, 9.17) is 0 Å². The van der Waals surface area contributed by atoms with Gasteiger partial charge in [0.1, 0.15) is 5.01 Å². The van der Waals surface area contributed by atoms with E-state index in [1.807, 2.05) is 13.1 Å². The zero-order valence-corrected chi connectivity index (χ0v) is 11.8. The van der Waals surface area contributed by atoms with Crippen LogP contribution in [0.5, 0.6) is 0 Å². The number of nitrogens with one attached hydrogen (secondary N) is 1. The number of nitrogens with zero attached hydrogens (tertiary/aromatic N) is 3. The molecular weight excluding hydrogens is 244 g/mol. The molecule has 1 unspecified atom stereocenters. The van der Waals surface area contributed by atoms with Crippen molar-refractivity contribution < 1.29 is 0 Å². The molecule has 5 heteroatoms. The molecule has 0 saturated heterocycles. The van der Waals surface area contributed by atoms with Crippen LogP contribution in [-0.2, 0) is 0 Å². The second-order valence-corrected chi connectivity index (χ2v) is 6.29. The van der Waals surface area contributed by atoms with Gasteiger partial charge in [0, 0.05) is 23.3 Å². The highest BCUT2D eigenvalue weighted by atomic mass is 32.1. The lowest BCUT2D eigenvalue weighted by Crippen LogP contribution is -2.11. The summed E-state index contributed by atoms with van der Waals surface area (Å²) in [6.45, 7) is 6.27. The van der Waals surface area contributed by atoms with Crippen LogP contribution in [0.25, 0.3) is 0 Å². The molecule has 1 saturated carbocycles. The monoisotopic (exact) mass is 262 g/mol. The van der Waals surface area contributed by atoms with E-state index < -0.39 is 0 Å². The van der Waals surface area contributed by atoms with Crippen LogP contribution in [0.4, 0.5) is 5.95 Å². The molecular formula is C13H18N4S. The van der Waals surface area contributed by atoms with Crippen molar-refractivity contribution in [2.75, 3.05) is 5.32 Å². The highest BCUT2D eigenvalue weighted by Gasteiger charge is 2.26.